The van der Waals surface area contributed by atoms with Crippen molar-refractivity contribution in [1.29, 1.82) is 0 Å². The normalized spacial score (nSPS) is 13.0. The summed E-state index contributed by atoms with van der Waals surface area (Å²) in [5, 5.41) is 10.9. The summed E-state index contributed by atoms with van der Waals surface area (Å²) in [5.41, 5.74) is -1.37. The number of carbonyl (C=O) groups is 1. The van der Waals surface area contributed by atoms with Gasteiger partial charge in [-0.25, -0.2) is 0 Å². The van der Waals surface area contributed by atoms with Crippen molar-refractivity contribution in [3.05, 3.63) is 59.1 Å². The van der Waals surface area contributed by atoms with E-state index in [1.54, 1.807) is 30.8 Å². The summed E-state index contributed by atoms with van der Waals surface area (Å²) >= 11 is 7.84. The van der Waals surface area contributed by atoms with Crippen LogP contribution < -0.4 is 0 Å². The first kappa shape index (κ1) is 19.6. The summed E-state index contributed by atoms with van der Waals surface area (Å²) in [4.78, 5) is 14.7. The Morgan fingerprint density at radius 3 is 2.60 bits per heavy atom. The minimum absolute atomic E-state index is 0.0377. The Balaban J connectivity index is 2.18. The van der Waals surface area contributed by atoms with Crippen LogP contribution in [-0.4, -0.2) is 29.7 Å². The Kier molecular flexibility index (Phi) is 7.10. The van der Waals surface area contributed by atoms with E-state index in [0.29, 0.717) is 5.02 Å². The Hall–Kier alpha value is -1.77. The summed E-state index contributed by atoms with van der Waals surface area (Å²) < 4.78 is 5.17. The molecule has 1 unspecified atom stereocenters. The summed E-state index contributed by atoms with van der Waals surface area (Å²) in [6, 6.07) is 15.0. The predicted molar refractivity (Wildman–Crippen MR) is 101 cm³/mol. The lowest BCUT2D eigenvalue weighted by Crippen LogP contribution is -2.43. The molecule has 0 aromatic heterocycles. The van der Waals surface area contributed by atoms with Gasteiger partial charge in [-0.15, -0.1) is 6.42 Å². The molecule has 5 heteroatoms. The van der Waals surface area contributed by atoms with Crippen LogP contribution in [0.25, 0.3) is 0 Å². The van der Waals surface area contributed by atoms with Gasteiger partial charge >= 0.3 is 0 Å². The number of benzene rings is 2. The Morgan fingerprint density at radius 1 is 1.28 bits per heavy atom. The minimum atomic E-state index is -1.64. The zero-order valence-electron chi connectivity index (χ0n) is 13.9. The van der Waals surface area contributed by atoms with Crippen LogP contribution in [0.4, 0.5) is 0 Å². The molecule has 3 nitrogen and oxygen atoms in total. The van der Waals surface area contributed by atoms with Crippen LogP contribution in [-0.2, 0) is 4.74 Å². The molecule has 1 N–H and O–H groups in total. The van der Waals surface area contributed by atoms with E-state index in [9.17, 15) is 9.90 Å². The molecule has 25 heavy (non-hydrogen) atoms. The highest BCUT2D eigenvalue weighted by Gasteiger charge is 2.36. The SMILES string of the molecule is C#CCOCC(O)(CC)C(=O)c1ccc(Sc2ccccc2)cc1Cl. The number of aliphatic hydroxyl groups is 1. The lowest BCUT2D eigenvalue weighted by atomic mass is 9.91. The summed E-state index contributed by atoms with van der Waals surface area (Å²) in [7, 11) is 0. The van der Waals surface area contributed by atoms with Crippen LogP contribution in [0.3, 0.4) is 0 Å². The second-order valence-corrected chi connectivity index (χ2v) is 7.02. The van der Waals surface area contributed by atoms with Crippen LogP contribution in [0.15, 0.2) is 58.3 Å². The van der Waals surface area contributed by atoms with Gasteiger partial charge in [0.05, 0.1) is 11.6 Å². The van der Waals surface area contributed by atoms with Crippen molar-refractivity contribution in [3.63, 3.8) is 0 Å². The fourth-order valence-corrected chi connectivity index (χ4v) is 3.44. The fraction of sp³-hybridized carbons (Fsp3) is 0.250. The number of ketones is 1. The smallest absolute Gasteiger partial charge is 0.198 e. The van der Waals surface area contributed by atoms with Crippen molar-refractivity contribution in [3.8, 4) is 12.3 Å². The molecule has 130 valence electrons. The lowest BCUT2D eigenvalue weighted by molar-refractivity contribution is -0.0229. The van der Waals surface area contributed by atoms with E-state index in [0.717, 1.165) is 9.79 Å². The summed E-state index contributed by atoms with van der Waals surface area (Å²) in [5.74, 6) is 1.85. The highest BCUT2D eigenvalue weighted by Crippen LogP contribution is 2.32. The standard InChI is InChI=1S/C20H19ClO3S/c1-3-12-24-14-20(23,4-2)19(22)17-11-10-16(13-18(17)21)25-15-8-6-5-7-9-15/h1,5-11,13,23H,4,12,14H2,2H3. The molecule has 0 saturated carbocycles. The number of rotatable bonds is 8. The van der Waals surface area contributed by atoms with Gasteiger partial charge in [0.2, 0.25) is 0 Å². The summed E-state index contributed by atoms with van der Waals surface area (Å²) in [6.07, 6.45) is 5.33. The van der Waals surface area contributed by atoms with Crippen molar-refractivity contribution in [1.82, 2.24) is 0 Å². The van der Waals surface area contributed by atoms with E-state index in [-0.39, 0.29) is 25.2 Å². The van der Waals surface area contributed by atoms with Gasteiger partial charge in [-0.3, -0.25) is 4.79 Å². The van der Waals surface area contributed by atoms with Gasteiger partial charge < -0.3 is 9.84 Å². The van der Waals surface area contributed by atoms with Crippen LogP contribution >= 0.6 is 23.4 Å². The minimum Gasteiger partial charge on any atom is -0.379 e. The highest BCUT2D eigenvalue weighted by molar-refractivity contribution is 7.99. The number of terminal acetylenes is 1. The monoisotopic (exact) mass is 374 g/mol. The molecular formula is C20H19ClO3S. The van der Waals surface area contributed by atoms with Crippen LogP contribution in [0.1, 0.15) is 23.7 Å². The molecule has 0 aliphatic heterocycles. The van der Waals surface area contributed by atoms with Crippen molar-refractivity contribution in [2.45, 2.75) is 28.7 Å². The van der Waals surface area contributed by atoms with Gasteiger partial charge in [-0.05, 0) is 36.8 Å². The third kappa shape index (κ3) is 5.10. The maximum atomic E-state index is 12.7. The zero-order chi connectivity index (χ0) is 18.3. The average Bonchev–Trinajstić information content (AvgIpc) is 2.62. The predicted octanol–water partition coefficient (Wildman–Crippen LogP) is 4.46. The molecular weight excluding hydrogens is 356 g/mol. The first-order chi connectivity index (χ1) is 12.0. The van der Waals surface area contributed by atoms with Gasteiger partial charge in [0.25, 0.3) is 0 Å². The zero-order valence-corrected chi connectivity index (χ0v) is 15.4. The van der Waals surface area contributed by atoms with Gasteiger partial charge in [-0.2, -0.15) is 0 Å². The molecule has 0 fully saturated rings. The number of ether oxygens (including phenoxy) is 1. The van der Waals surface area contributed by atoms with Crippen molar-refractivity contribution >= 4 is 29.1 Å². The molecule has 2 rings (SSSR count). The molecule has 0 aliphatic rings. The van der Waals surface area contributed by atoms with Crippen LogP contribution in [0.2, 0.25) is 5.02 Å². The highest BCUT2D eigenvalue weighted by atomic mass is 35.5. The van der Waals surface area contributed by atoms with Crippen LogP contribution in [0.5, 0.6) is 0 Å². The van der Waals surface area contributed by atoms with Gasteiger partial charge in [0.1, 0.15) is 6.61 Å². The van der Waals surface area contributed by atoms with Gasteiger partial charge in [-0.1, -0.05) is 54.4 Å². The van der Waals surface area contributed by atoms with Crippen molar-refractivity contribution in [2.75, 3.05) is 13.2 Å². The largest absolute Gasteiger partial charge is 0.379 e. The Labute approximate surface area is 157 Å². The van der Waals surface area contributed by atoms with E-state index in [2.05, 4.69) is 5.92 Å². The Morgan fingerprint density at radius 2 is 2.00 bits per heavy atom. The first-order valence-corrected chi connectivity index (χ1v) is 9.00. The number of halogens is 1. The maximum Gasteiger partial charge on any atom is 0.198 e. The molecule has 0 spiro atoms. The van der Waals surface area contributed by atoms with E-state index >= 15 is 0 Å². The number of hydrogen-bond donors (Lipinski definition) is 1. The third-order valence-corrected chi connectivity index (χ3v) is 5.01. The molecule has 2 aromatic carbocycles. The molecule has 1 atom stereocenters. The number of Topliss-reactive ketones (excluding diaryl/α,β-unsaturated/α-hetero) is 1. The molecule has 0 aliphatic carbocycles. The fourth-order valence-electron chi connectivity index (χ4n) is 2.23. The summed E-state index contributed by atoms with van der Waals surface area (Å²) in [6.45, 7) is 1.59. The molecule has 0 bridgehead atoms. The Bertz CT molecular complexity index is 770. The molecule has 0 radical (unpaired) electrons. The number of hydrogen-bond acceptors (Lipinski definition) is 4. The van der Waals surface area contributed by atoms with E-state index < -0.39 is 11.4 Å². The van der Waals surface area contributed by atoms with Gasteiger partial charge in [0.15, 0.2) is 11.4 Å². The van der Waals surface area contributed by atoms with E-state index in [1.165, 1.54) is 0 Å². The molecule has 2 aromatic rings. The maximum absolute atomic E-state index is 12.7. The van der Waals surface area contributed by atoms with Crippen molar-refractivity contribution < 1.29 is 14.6 Å². The molecule has 0 saturated heterocycles. The lowest BCUT2D eigenvalue weighted by Gasteiger charge is -2.25. The third-order valence-electron chi connectivity index (χ3n) is 3.70. The van der Waals surface area contributed by atoms with Crippen LogP contribution in [0, 0.1) is 12.3 Å². The first-order valence-electron chi connectivity index (χ1n) is 7.81. The molecule has 0 amide bonds. The second kappa shape index (κ2) is 9.07. The molecule has 0 heterocycles. The second-order valence-electron chi connectivity index (χ2n) is 5.47. The van der Waals surface area contributed by atoms with E-state index in [4.69, 9.17) is 22.8 Å². The average molecular weight is 375 g/mol. The quantitative estimate of drug-likeness (QED) is 0.421. The topological polar surface area (TPSA) is 46.5 Å². The van der Waals surface area contributed by atoms with E-state index in [1.807, 2.05) is 36.4 Å². The number of carbonyl (C=O) groups excluding carboxylic acids is 1. The van der Waals surface area contributed by atoms with Crippen molar-refractivity contribution in [2.24, 2.45) is 0 Å². The van der Waals surface area contributed by atoms with Gasteiger partial charge in [0, 0.05) is 15.4 Å².